The molecule has 0 bridgehead atoms. The number of piperidine rings is 1. The maximum atomic E-state index is 13.8. The van der Waals surface area contributed by atoms with Gasteiger partial charge in [-0.15, -0.1) is 0 Å². The highest BCUT2D eigenvalue weighted by molar-refractivity contribution is 6.12. The highest BCUT2D eigenvalue weighted by Gasteiger charge is 2.23. The molecule has 0 unspecified atom stereocenters. The van der Waals surface area contributed by atoms with E-state index in [1.807, 2.05) is 0 Å². The number of hydrogen-bond donors (Lipinski definition) is 4. The van der Waals surface area contributed by atoms with Crippen LogP contribution in [0.5, 0.6) is 0 Å². The first-order valence-electron chi connectivity index (χ1n) is 10.6. The topological polar surface area (TPSA) is 153 Å². The van der Waals surface area contributed by atoms with E-state index >= 15 is 0 Å². The minimum Gasteiger partial charge on any atom is -0.404 e. The first-order chi connectivity index (χ1) is 15.5. The lowest BCUT2D eigenvalue weighted by molar-refractivity contribution is 0.0872. The largest absolute Gasteiger partial charge is 0.404 e. The summed E-state index contributed by atoms with van der Waals surface area (Å²) in [6, 6.07) is 1.51. The lowest BCUT2D eigenvalue weighted by atomic mass is 10.1. The number of aromatic nitrogens is 3. The van der Waals surface area contributed by atoms with Gasteiger partial charge in [0.1, 0.15) is 23.5 Å². The second kappa shape index (κ2) is 9.96. The van der Waals surface area contributed by atoms with Gasteiger partial charge in [-0.05, 0) is 18.9 Å². The third-order valence-electron chi connectivity index (χ3n) is 5.58. The van der Waals surface area contributed by atoms with Crippen LogP contribution in [0.25, 0.3) is 16.6 Å². The Balaban J connectivity index is 1.70. The fraction of sp³-hybridized carbons (Fsp3) is 0.476. The molecule has 2 atom stereocenters. The Morgan fingerprint density at radius 2 is 2.09 bits per heavy atom. The van der Waals surface area contributed by atoms with Gasteiger partial charge in [-0.2, -0.15) is 0 Å². The van der Waals surface area contributed by atoms with Gasteiger partial charge in [0.2, 0.25) is 0 Å². The van der Waals surface area contributed by atoms with Gasteiger partial charge >= 0.3 is 0 Å². The molecule has 4 rings (SSSR count). The lowest BCUT2D eigenvalue weighted by Crippen LogP contribution is -2.44. The zero-order valence-electron chi connectivity index (χ0n) is 17.6. The predicted molar refractivity (Wildman–Crippen MR) is 120 cm³/mol. The van der Waals surface area contributed by atoms with Crippen molar-refractivity contribution >= 4 is 34.5 Å². The molecule has 0 radical (unpaired) electrons. The van der Waals surface area contributed by atoms with Gasteiger partial charge in [-0.1, -0.05) is 0 Å². The van der Waals surface area contributed by atoms with Gasteiger partial charge in [0, 0.05) is 56.8 Å². The molecular weight excluding hydrogens is 415 g/mol. The van der Waals surface area contributed by atoms with Crippen molar-refractivity contribution in [3.8, 4) is 0 Å². The number of allylic oxidation sites excluding steroid dienone is 1. The molecule has 2 aromatic heterocycles. The van der Waals surface area contributed by atoms with Crippen molar-refractivity contribution in [3.05, 3.63) is 29.9 Å². The van der Waals surface area contributed by atoms with Crippen LogP contribution >= 0.6 is 0 Å². The number of carbonyl (C=O) groups is 1. The van der Waals surface area contributed by atoms with Gasteiger partial charge in [-0.3, -0.25) is 9.79 Å². The number of aliphatic imine (C=N–C) groups is 1. The molecule has 2 fully saturated rings. The van der Waals surface area contributed by atoms with Crippen molar-refractivity contribution in [1.82, 2.24) is 20.3 Å². The summed E-state index contributed by atoms with van der Waals surface area (Å²) >= 11 is 0. The average molecular weight is 442 g/mol. The monoisotopic (exact) mass is 442 g/mol. The number of halogens is 1. The van der Waals surface area contributed by atoms with E-state index in [1.54, 1.807) is 12.3 Å². The van der Waals surface area contributed by atoms with Crippen molar-refractivity contribution in [2.24, 2.45) is 16.5 Å². The van der Waals surface area contributed by atoms with Crippen molar-refractivity contribution in [3.63, 3.8) is 0 Å². The number of primary amides is 1. The van der Waals surface area contributed by atoms with E-state index in [-0.39, 0.29) is 17.6 Å². The van der Waals surface area contributed by atoms with Gasteiger partial charge in [0.05, 0.1) is 17.3 Å². The summed E-state index contributed by atoms with van der Waals surface area (Å²) < 4.78 is 19.2. The Bertz CT molecular complexity index is 1040. The number of hydrogen-bond acceptors (Lipinski definition) is 9. The van der Waals surface area contributed by atoms with Crippen LogP contribution in [0.2, 0.25) is 0 Å². The molecule has 10 nitrogen and oxygen atoms in total. The van der Waals surface area contributed by atoms with Crippen LogP contribution in [0, 0.1) is 0 Å². The lowest BCUT2D eigenvalue weighted by Gasteiger charge is -2.27. The number of anilines is 1. The summed E-state index contributed by atoms with van der Waals surface area (Å²) in [6.45, 7) is 2.26. The van der Waals surface area contributed by atoms with Gasteiger partial charge in [0.15, 0.2) is 5.82 Å². The van der Waals surface area contributed by atoms with E-state index in [2.05, 4.69) is 30.6 Å². The van der Waals surface area contributed by atoms with Crippen LogP contribution in [0.1, 0.15) is 35.3 Å². The van der Waals surface area contributed by atoms with Gasteiger partial charge < -0.3 is 26.8 Å². The average Bonchev–Trinajstić information content (AvgIpc) is 2.80. The quantitative estimate of drug-likeness (QED) is 0.479. The number of pyridine rings is 1. The number of amides is 1. The molecule has 1 amide bonds. The molecule has 0 spiro atoms. The molecular formula is C21H27FN8O2. The smallest absolute Gasteiger partial charge is 0.251 e. The number of nitrogens with one attached hydrogen (secondary N) is 2. The maximum absolute atomic E-state index is 13.8. The van der Waals surface area contributed by atoms with Crippen molar-refractivity contribution in [2.45, 2.75) is 37.5 Å². The van der Waals surface area contributed by atoms with E-state index in [1.165, 1.54) is 12.5 Å². The van der Waals surface area contributed by atoms with Crippen molar-refractivity contribution < 1.29 is 13.9 Å². The van der Waals surface area contributed by atoms with Crippen molar-refractivity contribution in [1.29, 1.82) is 0 Å². The third-order valence-corrected chi connectivity index (χ3v) is 5.58. The standard InChI is InChI=1S/C21H27FN8O2/c22-13-5-15(10-25-9-13)29-21-19-18(27-11-28-21)16(20(24)31)6-17(30-19)12(7-23)8-26-14-1-3-32-4-2-14/h6-8,11,13-15,25H,1-5,9-10,23H2,(H2,24,31)(H,27,28,29)/t13-,15-/m0/s1. The Kier molecular flexibility index (Phi) is 6.86. The molecule has 6 N–H and O–H groups in total. The molecule has 4 heterocycles. The molecule has 0 aliphatic carbocycles. The molecule has 170 valence electrons. The highest BCUT2D eigenvalue weighted by Crippen LogP contribution is 2.25. The second-order valence-electron chi connectivity index (χ2n) is 7.92. The first kappa shape index (κ1) is 22.0. The van der Waals surface area contributed by atoms with E-state index in [0.717, 1.165) is 12.8 Å². The number of fused-ring (bicyclic) bond motifs is 1. The number of nitrogens with zero attached hydrogens (tertiary/aromatic N) is 4. The third kappa shape index (κ3) is 5.00. The number of rotatable bonds is 6. The van der Waals surface area contributed by atoms with Crippen LogP contribution in [-0.4, -0.2) is 71.6 Å². The minimum absolute atomic E-state index is 0.141. The molecule has 0 aromatic carbocycles. The summed E-state index contributed by atoms with van der Waals surface area (Å²) in [5.41, 5.74) is 13.3. The van der Waals surface area contributed by atoms with E-state index in [4.69, 9.17) is 16.2 Å². The zero-order valence-corrected chi connectivity index (χ0v) is 17.6. The van der Waals surface area contributed by atoms with Crippen LogP contribution in [0.4, 0.5) is 10.2 Å². The number of ether oxygens (including phenoxy) is 1. The zero-order chi connectivity index (χ0) is 22.5. The number of carbonyl (C=O) groups excluding carboxylic acids is 1. The van der Waals surface area contributed by atoms with Crippen molar-refractivity contribution in [2.75, 3.05) is 31.6 Å². The Morgan fingerprint density at radius 3 is 2.81 bits per heavy atom. The fourth-order valence-electron chi connectivity index (χ4n) is 3.89. The van der Waals surface area contributed by atoms with Crippen LogP contribution < -0.4 is 22.1 Å². The molecule has 32 heavy (non-hydrogen) atoms. The second-order valence-corrected chi connectivity index (χ2v) is 7.92. The first-order valence-corrected chi connectivity index (χ1v) is 10.6. The highest BCUT2D eigenvalue weighted by atomic mass is 19.1. The van der Waals surface area contributed by atoms with Crippen LogP contribution in [-0.2, 0) is 4.74 Å². The predicted octanol–water partition coefficient (Wildman–Crippen LogP) is 0.785. The van der Waals surface area contributed by atoms with Crippen LogP contribution in [0.3, 0.4) is 0 Å². The number of alkyl halides is 1. The maximum Gasteiger partial charge on any atom is 0.251 e. The summed E-state index contributed by atoms with van der Waals surface area (Å²) in [4.78, 5) is 30.0. The van der Waals surface area contributed by atoms with Crippen LogP contribution in [0.15, 0.2) is 23.6 Å². The SMILES string of the molecule is NC=C(C=NC1CCOCC1)c1cc(C(N)=O)c2ncnc(N[C@@H]3CNC[C@@H](F)C3)c2n1. The van der Waals surface area contributed by atoms with E-state index in [0.29, 0.717) is 60.8 Å². The Morgan fingerprint density at radius 1 is 1.28 bits per heavy atom. The number of nitrogens with two attached hydrogens (primary N) is 2. The summed E-state index contributed by atoms with van der Waals surface area (Å²) in [5, 5.41) is 6.26. The van der Waals surface area contributed by atoms with E-state index in [9.17, 15) is 9.18 Å². The summed E-state index contributed by atoms with van der Waals surface area (Å²) in [7, 11) is 0. The molecule has 0 saturated carbocycles. The Hall–Kier alpha value is -3.18. The minimum atomic E-state index is -0.952. The molecule has 2 saturated heterocycles. The van der Waals surface area contributed by atoms with E-state index < -0.39 is 12.1 Å². The summed E-state index contributed by atoms with van der Waals surface area (Å²) in [6.07, 6.45) is 5.42. The normalized spacial score (nSPS) is 23.0. The molecule has 2 aromatic rings. The van der Waals surface area contributed by atoms with Gasteiger partial charge in [0.25, 0.3) is 5.91 Å². The fourth-order valence-corrected chi connectivity index (χ4v) is 3.89. The Labute approximate surface area is 184 Å². The summed E-state index contributed by atoms with van der Waals surface area (Å²) in [5.74, 6) is -0.248. The molecule has 11 heteroatoms. The van der Waals surface area contributed by atoms with Gasteiger partial charge in [-0.25, -0.2) is 19.3 Å². The molecule has 2 aliphatic heterocycles. The molecule has 2 aliphatic rings.